The molecular formula is C40H36IrN3. The summed E-state index contributed by atoms with van der Waals surface area (Å²) in [5.41, 5.74) is 7.11. The average molecular weight is 751 g/mol. The van der Waals surface area contributed by atoms with Crippen molar-refractivity contribution in [1.29, 1.82) is 0 Å². The molecule has 0 N–H and O–H groups in total. The molecule has 220 valence electrons. The van der Waals surface area contributed by atoms with Crippen molar-refractivity contribution in [2.75, 3.05) is 0 Å². The van der Waals surface area contributed by atoms with Gasteiger partial charge in [-0.05, 0) is 48.9 Å². The van der Waals surface area contributed by atoms with E-state index >= 15 is 0 Å². The predicted molar refractivity (Wildman–Crippen MR) is 174 cm³/mol. The van der Waals surface area contributed by atoms with Crippen LogP contribution in [0.1, 0.15) is 55.4 Å². The van der Waals surface area contributed by atoms with Crippen molar-refractivity contribution in [3.63, 3.8) is 0 Å². The zero-order valence-corrected chi connectivity index (χ0v) is 27.8. The van der Waals surface area contributed by atoms with Gasteiger partial charge in [-0.1, -0.05) is 45.0 Å². The van der Waals surface area contributed by atoms with Crippen LogP contribution in [-0.4, -0.2) is 15.0 Å². The van der Waals surface area contributed by atoms with E-state index in [1.54, 1.807) is 6.20 Å². The Morgan fingerprint density at radius 3 is 1.77 bits per heavy atom. The molecule has 3 nitrogen and oxygen atoms in total. The normalized spacial score (nSPS) is 12.2. The fourth-order valence-corrected chi connectivity index (χ4v) is 5.17. The molecule has 6 aromatic rings. The van der Waals surface area contributed by atoms with Gasteiger partial charge in [0.05, 0.1) is 0 Å². The van der Waals surface area contributed by atoms with Gasteiger partial charge in [-0.15, -0.1) is 35.9 Å². The Kier molecular flexibility index (Phi) is 11.5. The van der Waals surface area contributed by atoms with Gasteiger partial charge in [-0.3, -0.25) is 9.97 Å². The van der Waals surface area contributed by atoms with E-state index in [2.05, 4.69) is 98.6 Å². The van der Waals surface area contributed by atoms with E-state index in [0.717, 1.165) is 52.3 Å². The van der Waals surface area contributed by atoms with Gasteiger partial charge in [0, 0.05) is 40.3 Å². The molecule has 4 heteroatoms. The number of aryl methyl sites for hydroxylation is 1. The van der Waals surface area contributed by atoms with E-state index in [-0.39, 0.29) is 30.9 Å². The predicted octanol–water partition coefficient (Wildman–Crippen LogP) is 8.89. The van der Waals surface area contributed by atoms with Crippen LogP contribution in [0.25, 0.3) is 11.3 Å². The molecule has 0 saturated carbocycles. The Labute approximate surface area is 275 Å². The van der Waals surface area contributed by atoms with Crippen LogP contribution in [0.15, 0.2) is 140 Å². The molecule has 3 heterocycles. The van der Waals surface area contributed by atoms with Gasteiger partial charge < -0.3 is 4.98 Å². The van der Waals surface area contributed by atoms with Crippen LogP contribution in [0.2, 0.25) is 0 Å². The van der Waals surface area contributed by atoms with Gasteiger partial charge in [0.1, 0.15) is 0 Å². The molecule has 1 atom stereocenters. The van der Waals surface area contributed by atoms with E-state index in [1.165, 1.54) is 0 Å². The number of nitrogens with zero attached hydrogens (tertiary/aromatic N) is 3. The smallest absolute Gasteiger partial charge is 0.305 e. The summed E-state index contributed by atoms with van der Waals surface area (Å²) in [7, 11) is 0. The summed E-state index contributed by atoms with van der Waals surface area (Å²) < 4.78 is 0. The topological polar surface area (TPSA) is 38.7 Å². The quantitative estimate of drug-likeness (QED) is 0.146. The molecule has 0 bridgehead atoms. The minimum Gasteiger partial charge on any atom is -0.305 e. The first kappa shape index (κ1) is 32.7. The Morgan fingerprint density at radius 1 is 0.568 bits per heavy atom. The Morgan fingerprint density at radius 2 is 1.18 bits per heavy atom. The maximum absolute atomic E-state index is 5.06. The fourth-order valence-electron chi connectivity index (χ4n) is 5.17. The van der Waals surface area contributed by atoms with E-state index in [1.807, 2.05) is 79.0 Å². The molecule has 3 aromatic heterocycles. The fraction of sp³-hybridized carbons (Fsp3) is 0.175. The molecule has 3 aromatic carbocycles. The van der Waals surface area contributed by atoms with E-state index in [0.29, 0.717) is 0 Å². The first-order chi connectivity index (χ1) is 21.0. The second-order valence-corrected chi connectivity index (χ2v) is 11.2. The molecule has 0 aliphatic carbocycles. The summed E-state index contributed by atoms with van der Waals surface area (Å²) in [6.45, 7) is 6.68. The molecule has 0 fully saturated rings. The molecule has 1 unspecified atom stereocenters. The number of aromatic nitrogens is 3. The van der Waals surface area contributed by atoms with E-state index in [4.69, 9.17) is 9.97 Å². The maximum atomic E-state index is 5.06. The number of benzene rings is 3. The first-order valence-corrected chi connectivity index (χ1v) is 14.7. The minimum atomic E-state index is -0.233. The molecule has 0 aliphatic rings. The maximum Gasteiger partial charge on any atom is 3.00 e. The molecule has 0 spiro atoms. The van der Waals surface area contributed by atoms with Crippen molar-refractivity contribution in [2.24, 2.45) is 0 Å². The third-order valence-electron chi connectivity index (χ3n) is 7.89. The van der Waals surface area contributed by atoms with Gasteiger partial charge in [-0.2, -0.15) is 71.8 Å². The molecule has 0 radical (unpaired) electrons. The van der Waals surface area contributed by atoms with Crippen LogP contribution in [0.3, 0.4) is 0 Å². The van der Waals surface area contributed by atoms with Gasteiger partial charge in [0.2, 0.25) is 0 Å². The van der Waals surface area contributed by atoms with Crippen molar-refractivity contribution < 1.29 is 20.1 Å². The van der Waals surface area contributed by atoms with E-state index in [9.17, 15) is 0 Å². The number of hydrogen-bond acceptors (Lipinski definition) is 3. The zero-order chi connectivity index (χ0) is 30.0. The first-order valence-electron chi connectivity index (χ1n) is 14.7. The summed E-state index contributed by atoms with van der Waals surface area (Å²) in [5.74, 6) is 0. The van der Waals surface area contributed by atoms with Gasteiger partial charge in [0.25, 0.3) is 0 Å². The Hall–Kier alpha value is -4.24. The third kappa shape index (κ3) is 8.02. The molecule has 0 aliphatic heterocycles. The number of hydrogen-bond donors (Lipinski definition) is 0. The summed E-state index contributed by atoms with van der Waals surface area (Å²) >= 11 is 0. The minimum absolute atomic E-state index is 0. The Bertz CT molecular complexity index is 1600. The Balaban J connectivity index is 0.000000284. The zero-order valence-electron chi connectivity index (χ0n) is 25.4. The van der Waals surface area contributed by atoms with Gasteiger partial charge >= 0.3 is 20.1 Å². The second kappa shape index (κ2) is 15.5. The molecule has 0 amide bonds. The van der Waals surface area contributed by atoms with Crippen LogP contribution in [0, 0.1) is 18.2 Å². The monoisotopic (exact) mass is 751 g/mol. The summed E-state index contributed by atoms with van der Waals surface area (Å²) in [6.07, 6.45) is 5.42. The van der Waals surface area contributed by atoms with Crippen LogP contribution in [0.4, 0.5) is 0 Å². The SMILES string of the molecule is CC(C)(c1[c-]cccc1)c1cccc(CCC(C)(c2[c-]cccc2)c2ccccn2)n1.[Ir+3].[c-]1ccccc1-c1ccccn1. The molecule has 6 rings (SSSR count). The standard InChI is InChI=1S/C29H28N2.C11H8N.Ir/c1-28(2,23-13-6-4-7-14-23)26-19-12-17-25(31-26)20-21-29(3,24-15-8-5-9-16-24)27-18-10-11-22-30-27;1-2-6-10(7-3-1)11-8-4-5-9-12-11;/h4-13,15,17-19,22H,20-21H2,1-3H3;1-6,8-9H;/q-2;-1;+3. The van der Waals surface area contributed by atoms with Crippen LogP contribution >= 0.6 is 0 Å². The van der Waals surface area contributed by atoms with Crippen molar-refractivity contribution >= 4 is 0 Å². The summed E-state index contributed by atoms with van der Waals surface area (Å²) in [4.78, 5) is 14.0. The van der Waals surface area contributed by atoms with Crippen LogP contribution in [-0.2, 0) is 37.4 Å². The van der Waals surface area contributed by atoms with Crippen molar-refractivity contribution in [3.8, 4) is 11.3 Å². The third-order valence-corrected chi connectivity index (χ3v) is 7.89. The second-order valence-electron chi connectivity index (χ2n) is 11.2. The van der Waals surface area contributed by atoms with Gasteiger partial charge in [0.15, 0.2) is 0 Å². The summed E-state index contributed by atoms with van der Waals surface area (Å²) in [6, 6.07) is 52.5. The molecule has 0 saturated heterocycles. The largest absolute Gasteiger partial charge is 3.00 e. The van der Waals surface area contributed by atoms with Crippen LogP contribution < -0.4 is 0 Å². The number of pyridine rings is 3. The molecule has 44 heavy (non-hydrogen) atoms. The summed E-state index contributed by atoms with van der Waals surface area (Å²) in [5, 5.41) is 0. The van der Waals surface area contributed by atoms with Gasteiger partial charge in [-0.25, -0.2) is 0 Å². The average Bonchev–Trinajstić information content (AvgIpc) is 3.09. The van der Waals surface area contributed by atoms with Crippen molar-refractivity contribution in [3.05, 3.63) is 186 Å². The van der Waals surface area contributed by atoms with Crippen molar-refractivity contribution in [2.45, 2.75) is 44.4 Å². The van der Waals surface area contributed by atoms with Crippen molar-refractivity contribution in [1.82, 2.24) is 15.0 Å². The molecular weight excluding hydrogens is 715 g/mol. The number of rotatable bonds is 8. The van der Waals surface area contributed by atoms with Crippen LogP contribution in [0.5, 0.6) is 0 Å². The van der Waals surface area contributed by atoms with E-state index < -0.39 is 0 Å².